The second-order valence-corrected chi connectivity index (χ2v) is 12.8. The molecule has 0 radical (unpaired) electrons. The Balaban J connectivity index is 1.44. The molecule has 0 aliphatic carbocycles. The highest BCUT2D eigenvalue weighted by Crippen LogP contribution is 2.40. The third-order valence-corrected chi connectivity index (χ3v) is 8.49. The van der Waals surface area contributed by atoms with Gasteiger partial charge in [0.15, 0.2) is 0 Å². The number of likely N-dealkylation sites (tertiary alicyclic amines) is 1. The Morgan fingerprint density at radius 2 is 1.61 bits per heavy atom. The van der Waals surface area contributed by atoms with Gasteiger partial charge < -0.3 is 25.2 Å². The topological polar surface area (TPSA) is 91.0 Å². The Hall–Kier alpha value is -3.55. The van der Waals surface area contributed by atoms with E-state index in [1.165, 1.54) is 23.9 Å². The molecule has 0 saturated carbocycles. The van der Waals surface area contributed by atoms with Crippen LogP contribution in [0.25, 0.3) is 0 Å². The van der Waals surface area contributed by atoms with Gasteiger partial charge >= 0.3 is 6.09 Å². The van der Waals surface area contributed by atoms with E-state index >= 15 is 0 Å². The van der Waals surface area contributed by atoms with Crippen LogP contribution in [0.2, 0.25) is 0 Å². The fraction of sp³-hybridized carbons (Fsp3) is 0.545. The number of ether oxygens (including phenoxy) is 1. The van der Waals surface area contributed by atoms with Crippen molar-refractivity contribution < 1.29 is 19.1 Å². The fourth-order valence-electron chi connectivity index (χ4n) is 6.08. The Morgan fingerprint density at radius 1 is 0.951 bits per heavy atom. The van der Waals surface area contributed by atoms with Crippen LogP contribution in [-0.4, -0.2) is 54.6 Å². The molecule has 2 fully saturated rings. The van der Waals surface area contributed by atoms with Crippen molar-refractivity contribution in [2.75, 3.05) is 23.9 Å². The van der Waals surface area contributed by atoms with E-state index < -0.39 is 18.2 Å². The first kappa shape index (κ1) is 30.4. The zero-order valence-corrected chi connectivity index (χ0v) is 25.6. The molecule has 2 aromatic rings. The summed E-state index contributed by atoms with van der Waals surface area (Å²) in [6.07, 6.45) is 2.86. The van der Waals surface area contributed by atoms with E-state index in [4.69, 9.17) is 4.74 Å². The van der Waals surface area contributed by atoms with Crippen molar-refractivity contribution in [1.82, 2.24) is 10.2 Å². The van der Waals surface area contributed by atoms with Crippen molar-refractivity contribution in [3.8, 4) is 0 Å². The predicted octanol–water partition coefficient (Wildman–Crippen LogP) is 6.02. The first-order chi connectivity index (χ1) is 19.4. The van der Waals surface area contributed by atoms with E-state index in [0.29, 0.717) is 24.7 Å². The summed E-state index contributed by atoms with van der Waals surface area (Å²) in [6.45, 7) is 13.2. The third-order valence-electron chi connectivity index (χ3n) is 8.49. The van der Waals surface area contributed by atoms with Gasteiger partial charge in [0.2, 0.25) is 11.8 Å². The summed E-state index contributed by atoms with van der Waals surface area (Å²) in [4.78, 5) is 42.5. The molecular formula is C33H46N4O4. The maximum absolute atomic E-state index is 13.3. The van der Waals surface area contributed by atoms with Gasteiger partial charge in [-0.05, 0) is 79.3 Å². The van der Waals surface area contributed by atoms with Crippen LogP contribution in [0.4, 0.5) is 16.2 Å². The van der Waals surface area contributed by atoms with Crippen molar-refractivity contribution in [2.24, 2.45) is 5.92 Å². The minimum absolute atomic E-state index is 0.119. The molecule has 4 atom stereocenters. The van der Waals surface area contributed by atoms with Gasteiger partial charge in [-0.25, -0.2) is 4.79 Å². The van der Waals surface area contributed by atoms with E-state index in [0.717, 1.165) is 19.3 Å². The highest BCUT2D eigenvalue weighted by atomic mass is 16.5. The Labute approximate surface area is 244 Å². The molecular weight excluding hydrogens is 516 g/mol. The maximum atomic E-state index is 13.3. The van der Waals surface area contributed by atoms with Gasteiger partial charge in [-0.1, -0.05) is 58.9 Å². The molecule has 222 valence electrons. The Bertz CT molecular complexity index is 1220. The summed E-state index contributed by atoms with van der Waals surface area (Å²) in [5.74, 6) is -0.614. The largest absolute Gasteiger partial charge is 0.453 e. The van der Waals surface area contributed by atoms with Gasteiger partial charge in [0.25, 0.3) is 0 Å². The number of alkyl carbamates (subject to hydrolysis) is 1. The van der Waals surface area contributed by atoms with Crippen molar-refractivity contribution in [1.29, 1.82) is 0 Å². The summed E-state index contributed by atoms with van der Waals surface area (Å²) >= 11 is 0. The number of carbonyl (C=O) groups is 3. The molecule has 4 rings (SSSR count). The second-order valence-electron chi connectivity index (χ2n) is 12.8. The lowest BCUT2D eigenvalue weighted by atomic mass is 9.87. The van der Waals surface area contributed by atoms with E-state index in [2.05, 4.69) is 79.6 Å². The van der Waals surface area contributed by atoms with E-state index in [1.807, 2.05) is 26.0 Å². The molecule has 2 saturated heterocycles. The van der Waals surface area contributed by atoms with Crippen LogP contribution in [0.5, 0.6) is 0 Å². The minimum Gasteiger partial charge on any atom is -0.453 e. The SMILES string of the molecule is COC(=O)NC(C(=O)N1CCC[C@H]1C(=O)Nc1ccc([C@@H]2CC[C@@H](C)N2c2ccc(C(C)(C)C)cc2)cc1)C(C)C. The van der Waals surface area contributed by atoms with Crippen LogP contribution >= 0.6 is 0 Å². The molecule has 1 unspecified atom stereocenters. The number of carbonyl (C=O) groups excluding carboxylic acids is 3. The van der Waals surface area contributed by atoms with Crippen molar-refractivity contribution in [3.63, 3.8) is 0 Å². The predicted molar refractivity (Wildman–Crippen MR) is 163 cm³/mol. The standard InChI is InChI=1S/C33H46N4O4/c1-21(2)29(35-32(40)41-7)31(39)36-20-8-9-28(36)30(38)34-25-15-11-23(12-16-25)27-19-10-22(3)37(27)26-17-13-24(14-18-26)33(4,5)6/h11-18,21-22,27-29H,8-10,19-20H2,1-7H3,(H,34,38)(H,35,40)/t22-,27+,28+,29?/m1/s1. The molecule has 2 N–H and O–H groups in total. The van der Waals surface area contributed by atoms with Crippen LogP contribution in [-0.2, 0) is 19.7 Å². The lowest BCUT2D eigenvalue weighted by Gasteiger charge is -2.32. The summed E-state index contributed by atoms with van der Waals surface area (Å²) in [5, 5.41) is 5.64. The summed E-state index contributed by atoms with van der Waals surface area (Å²) in [7, 11) is 1.27. The number of nitrogens with zero attached hydrogens (tertiary/aromatic N) is 2. The number of benzene rings is 2. The highest BCUT2D eigenvalue weighted by molar-refractivity contribution is 5.98. The Kier molecular flexibility index (Phi) is 9.30. The van der Waals surface area contributed by atoms with Crippen LogP contribution in [0.1, 0.15) is 84.4 Å². The molecule has 8 heteroatoms. The molecule has 0 bridgehead atoms. The lowest BCUT2D eigenvalue weighted by Crippen LogP contribution is -2.54. The number of hydrogen-bond donors (Lipinski definition) is 2. The molecule has 2 aliphatic heterocycles. The molecule has 2 aliphatic rings. The van der Waals surface area contributed by atoms with Crippen molar-refractivity contribution in [3.05, 3.63) is 59.7 Å². The summed E-state index contributed by atoms with van der Waals surface area (Å²) in [6, 6.07) is 16.4. The Morgan fingerprint density at radius 3 is 2.20 bits per heavy atom. The minimum atomic E-state index is -0.753. The van der Waals surface area contributed by atoms with Gasteiger partial charge in [-0.15, -0.1) is 0 Å². The maximum Gasteiger partial charge on any atom is 0.407 e. The quantitative estimate of drug-likeness (QED) is 0.430. The normalized spacial score (nSPS) is 21.6. The fourth-order valence-corrected chi connectivity index (χ4v) is 6.08. The number of anilines is 2. The molecule has 2 aromatic carbocycles. The molecule has 0 aromatic heterocycles. The molecule has 2 heterocycles. The number of nitrogens with one attached hydrogen (secondary N) is 2. The van der Waals surface area contributed by atoms with Crippen molar-refractivity contribution in [2.45, 2.75) is 96.8 Å². The number of amides is 3. The molecule has 3 amide bonds. The molecule has 41 heavy (non-hydrogen) atoms. The molecule has 8 nitrogen and oxygen atoms in total. The van der Waals surface area contributed by atoms with E-state index in [1.54, 1.807) is 4.90 Å². The van der Waals surface area contributed by atoms with E-state index in [-0.39, 0.29) is 29.2 Å². The zero-order chi connectivity index (χ0) is 29.9. The smallest absolute Gasteiger partial charge is 0.407 e. The average molecular weight is 563 g/mol. The monoisotopic (exact) mass is 562 g/mol. The number of rotatable bonds is 7. The zero-order valence-electron chi connectivity index (χ0n) is 25.6. The first-order valence-electron chi connectivity index (χ1n) is 14.9. The molecule has 0 spiro atoms. The number of methoxy groups -OCH3 is 1. The average Bonchev–Trinajstić information content (AvgIpc) is 3.58. The number of hydrogen-bond acceptors (Lipinski definition) is 5. The van der Waals surface area contributed by atoms with E-state index in [9.17, 15) is 14.4 Å². The van der Waals surface area contributed by atoms with Gasteiger partial charge in [-0.3, -0.25) is 9.59 Å². The van der Waals surface area contributed by atoms with Gasteiger partial charge in [0.05, 0.1) is 13.2 Å². The highest BCUT2D eigenvalue weighted by Gasteiger charge is 2.39. The van der Waals surface area contributed by atoms with Crippen molar-refractivity contribution >= 4 is 29.3 Å². The van der Waals surface area contributed by atoms with Crippen LogP contribution in [0.3, 0.4) is 0 Å². The lowest BCUT2D eigenvalue weighted by molar-refractivity contribution is -0.139. The van der Waals surface area contributed by atoms with Gasteiger partial charge in [-0.2, -0.15) is 0 Å². The summed E-state index contributed by atoms with van der Waals surface area (Å²) < 4.78 is 4.69. The summed E-state index contributed by atoms with van der Waals surface area (Å²) in [5.41, 5.74) is 4.61. The van der Waals surface area contributed by atoms with Crippen LogP contribution < -0.4 is 15.5 Å². The van der Waals surface area contributed by atoms with Crippen LogP contribution in [0.15, 0.2) is 48.5 Å². The van der Waals surface area contributed by atoms with Gasteiger partial charge in [0.1, 0.15) is 12.1 Å². The van der Waals surface area contributed by atoms with Crippen LogP contribution in [0, 0.1) is 5.92 Å². The first-order valence-corrected chi connectivity index (χ1v) is 14.9. The second kappa shape index (κ2) is 12.5. The van der Waals surface area contributed by atoms with Gasteiger partial charge in [0, 0.05) is 24.0 Å². The third kappa shape index (κ3) is 6.85.